The van der Waals surface area contributed by atoms with Crippen LogP contribution in [0.1, 0.15) is 16.1 Å². The third kappa shape index (κ3) is 3.50. The molecular formula is C16H13BrN2O4S. The number of rotatable bonds is 4. The van der Waals surface area contributed by atoms with Crippen molar-refractivity contribution in [2.75, 3.05) is 0 Å². The van der Waals surface area contributed by atoms with E-state index in [4.69, 9.17) is 9.56 Å². The van der Waals surface area contributed by atoms with Gasteiger partial charge in [-0.2, -0.15) is 0 Å². The maximum atomic E-state index is 12.2. The zero-order valence-corrected chi connectivity index (χ0v) is 14.7. The molecule has 0 bridgehead atoms. The van der Waals surface area contributed by atoms with Crippen molar-refractivity contribution in [2.24, 2.45) is 5.14 Å². The van der Waals surface area contributed by atoms with Crippen LogP contribution in [0.4, 0.5) is 0 Å². The highest BCUT2D eigenvalue weighted by molar-refractivity contribution is 9.10. The molecule has 24 heavy (non-hydrogen) atoms. The summed E-state index contributed by atoms with van der Waals surface area (Å²) in [6.07, 6.45) is 0. The fraction of sp³-hybridized carbons (Fsp3) is 0.0625. The molecule has 0 saturated carbocycles. The molecular weight excluding hydrogens is 396 g/mol. The van der Waals surface area contributed by atoms with E-state index in [0.717, 1.165) is 15.4 Å². The SMILES string of the molecule is NS(=O)(=O)c1ccc(CNC(=O)c2cc3c(Br)cccc3o2)cc1. The lowest BCUT2D eigenvalue weighted by atomic mass is 10.2. The molecule has 0 unspecified atom stereocenters. The Bertz CT molecular complexity index is 1010. The second-order valence-corrected chi connectivity index (χ2v) is 7.55. The maximum Gasteiger partial charge on any atom is 0.287 e. The van der Waals surface area contributed by atoms with Crippen LogP contribution in [-0.2, 0) is 16.6 Å². The Hall–Kier alpha value is -2.16. The van der Waals surface area contributed by atoms with E-state index in [9.17, 15) is 13.2 Å². The van der Waals surface area contributed by atoms with Gasteiger partial charge in [0, 0.05) is 16.4 Å². The molecule has 3 aromatic rings. The van der Waals surface area contributed by atoms with Gasteiger partial charge >= 0.3 is 0 Å². The number of hydrogen-bond acceptors (Lipinski definition) is 4. The number of nitrogens with two attached hydrogens (primary N) is 1. The normalized spacial score (nSPS) is 11.6. The number of furan rings is 1. The van der Waals surface area contributed by atoms with Crippen LogP contribution in [0.2, 0.25) is 0 Å². The molecule has 0 fully saturated rings. The van der Waals surface area contributed by atoms with E-state index in [1.54, 1.807) is 24.3 Å². The largest absolute Gasteiger partial charge is 0.451 e. The van der Waals surface area contributed by atoms with Gasteiger partial charge in [0.15, 0.2) is 5.76 Å². The van der Waals surface area contributed by atoms with Crippen LogP contribution < -0.4 is 10.5 Å². The fourth-order valence-electron chi connectivity index (χ4n) is 2.20. The highest BCUT2D eigenvalue weighted by Gasteiger charge is 2.13. The third-order valence-corrected chi connectivity index (χ3v) is 5.06. The van der Waals surface area contributed by atoms with Crippen LogP contribution in [0.15, 0.2) is 62.3 Å². The fourth-order valence-corrected chi connectivity index (χ4v) is 3.18. The lowest BCUT2D eigenvalue weighted by Gasteiger charge is -2.04. The average Bonchev–Trinajstić information content (AvgIpc) is 2.98. The van der Waals surface area contributed by atoms with Gasteiger partial charge in [-0.15, -0.1) is 0 Å². The quantitative estimate of drug-likeness (QED) is 0.692. The molecule has 0 aliphatic heterocycles. The first-order chi connectivity index (χ1) is 11.3. The molecule has 0 aliphatic rings. The summed E-state index contributed by atoms with van der Waals surface area (Å²) in [5, 5.41) is 8.59. The number of carbonyl (C=O) groups is 1. The molecule has 3 rings (SSSR count). The number of benzene rings is 2. The molecule has 0 radical (unpaired) electrons. The highest BCUT2D eigenvalue weighted by atomic mass is 79.9. The molecule has 0 spiro atoms. The van der Waals surface area contributed by atoms with Crippen molar-refractivity contribution in [2.45, 2.75) is 11.4 Å². The second-order valence-electron chi connectivity index (χ2n) is 5.13. The van der Waals surface area contributed by atoms with Gasteiger partial charge in [0.1, 0.15) is 5.58 Å². The van der Waals surface area contributed by atoms with Crippen LogP contribution in [0.5, 0.6) is 0 Å². The molecule has 0 atom stereocenters. The predicted octanol–water partition coefficient (Wildman–Crippen LogP) is 2.77. The molecule has 8 heteroatoms. The minimum absolute atomic E-state index is 0.0275. The Kier molecular flexibility index (Phi) is 4.44. The summed E-state index contributed by atoms with van der Waals surface area (Å²) >= 11 is 3.41. The van der Waals surface area contributed by atoms with E-state index in [1.807, 2.05) is 12.1 Å². The predicted molar refractivity (Wildman–Crippen MR) is 92.9 cm³/mol. The Morgan fingerprint density at radius 2 is 1.88 bits per heavy atom. The van der Waals surface area contributed by atoms with E-state index in [-0.39, 0.29) is 23.1 Å². The average molecular weight is 409 g/mol. The van der Waals surface area contributed by atoms with Crippen LogP contribution >= 0.6 is 15.9 Å². The lowest BCUT2D eigenvalue weighted by Crippen LogP contribution is -2.22. The molecule has 1 amide bonds. The van der Waals surface area contributed by atoms with Crippen molar-refractivity contribution in [3.63, 3.8) is 0 Å². The summed E-state index contributed by atoms with van der Waals surface area (Å²) in [5.74, 6) is -0.147. The summed E-state index contributed by atoms with van der Waals surface area (Å²) in [7, 11) is -3.72. The maximum absolute atomic E-state index is 12.2. The number of halogens is 1. The number of amides is 1. The van der Waals surface area contributed by atoms with E-state index >= 15 is 0 Å². The molecule has 2 aromatic carbocycles. The van der Waals surface area contributed by atoms with Gasteiger partial charge in [0.05, 0.1) is 4.90 Å². The Morgan fingerprint density at radius 1 is 1.17 bits per heavy atom. The lowest BCUT2D eigenvalue weighted by molar-refractivity contribution is 0.0925. The molecule has 3 N–H and O–H groups in total. The standard InChI is InChI=1S/C16H13BrN2O4S/c17-13-2-1-3-14-12(13)8-15(23-14)16(20)19-9-10-4-6-11(7-5-10)24(18,21)22/h1-8H,9H2,(H,19,20)(H2,18,21,22). The Morgan fingerprint density at radius 3 is 2.50 bits per heavy atom. The highest BCUT2D eigenvalue weighted by Crippen LogP contribution is 2.26. The van der Waals surface area contributed by atoms with Crippen LogP contribution in [-0.4, -0.2) is 14.3 Å². The van der Waals surface area contributed by atoms with Gasteiger partial charge in [-0.05, 0) is 35.9 Å². The van der Waals surface area contributed by atoms with Crippen LogP contribution in [0.25, 0.3) is 11.0 Å². The number of fused-ring (bicyclic) bond motifs is 1. The molecule has 124 valence electrons. The van der Waals surface area contributed by atoms with Crippen LogP contribution in [0, 0.1) is 0 Å². The van der Waals surface area contributed by atoms with Crippen molar-refractivity contribution in [1.82, 2.24) is 5.32 Å². The smallest absolute Gasteiger partial charge is 0.287 e. The van der Waals surface area contributed by atoms with Crippen molar-refractivity contribution in [3.8, 4) is 0 Å². The molecule has 1 aromatic heterocycles. The first-order valence-electron chi connectivity index (χ1n) is 6.92. The van der Waals surface area contributed by atoms with E-state index in [0.29, 0.717) is 5.58 Å². The van der Waals surface area contributed by atoms with E-state index in [1.165, 1.54) is 12.1 Å². The van der Waals surface area contributed by atoms with Gasteiger partial charge in [-0.25, -0.2) is 13.6 Å². The van der Waals surface area contributed by atoms with Crippen LogP contribution in [0.3, 0.4) is 0 Å². The van der Waals surface area contributed by atoms with Gasteiger partial charge in [-0.1, -0.05) is 34.1 Å². The number of sulfonamides is 1. The minimum atomic E-state index is -3.72. The van der Waals surface area contributed by atoms with E-state index in [2.05, 4.69) is 21.2 Å². The minimum Gasteiger partial charge on any atom is -0.451 e. The zero-order chi connectivity index (χ0) is 17.3. The number of carbonyl (C=O) groups excluding carboxylic acids is 1. The van der Waals surface area contributed by atoms with Crippen molar-refractivity contribution in [1.29, 1.82) is 0 Å². The third-order valence-electron chi connectivity index (χ3n) is 3.44. The Balaban J connectivity index is 1.71. The summed E-state index contributed by atoms with van der Waals surface area (Å²) in [6, 6.07) is 13.1. The van der Waals surface area contributed by atoms with Crippen molar-refractivity contribution in [3.05, 3.63) is 64.3 Å². The number of hydrogen-bond donors (Lipinski definition) is 2. The van der Waals surface area contributed by atoms with Gasteiger partial charge in [0.25, 0.3) is 5.91 Å². The van der Waals surface area contributed by atoms with E-state index < -0.39 is 10.0 Å². The first-order valence-corrected chi connectivity index (χ1v) is 9.26. The summed E-state index contributed by atoms with van der Waals surface area (Å²) in [6.45, 7) is 0.238. The summed E-state index contributed by atoms with van der Waals surface area (Å²) in [4.78, 5) is 12.2. The molecule has 0 saturated heterocycles. The van der Waals surface area contributed by atoms with Crippen molar-refractivity contribution < 1.29 is 17.6 Å². The van der Waals surface area contributed by atoms with Crippen molar-refractivity contribution >= 4 is 42.8 Å². The second kappa shape index (κ2) is 6.39. The molecule has 6 nitrogen and oxygen atoms in total. The zero-order valence-electron chi connectivity index (χ0n) is 12.3. The monoisotopic (exact) mass is 408 g/mol. The number of primary sulfonamides is 1. The summed E-state index contributed by atoms with van der Waals surface area (Å²) in [5.41, 5.74) is 1.36. The summed E-state index contributed by atoms with van der Waals surface area (Å²) < 4.78 is 28.8. The first kappa shape index (κ1) is 16.7. The Labute approximate surface area is 146 Å². The molecule has 1 heterocycles. The molecule has 0 aliphatic carbocycles. The topological polar surface area (TPSA) is 102 Å². The van der Waals surface area contributed by atoms with Gasteiger partial charge in [0.2, 0.25) is 10.0 Å². The van der Waals surface area contributed by atoms with Gasteiger partial charge in [-0.3, -0.25) is 4.79 Å². The number of nitrogens with one attached hydrogen (secondary N) is 1. The van der Waals surface area contributed by atoms with Gasteiger partial charge < -0.3 is 9.73 Å².